The van der Waals surface area contributed by atoms with Crippen molar-refractivity contribution in [2.45, 2.75) is 58.2 Å². The van der Waals surface area contributed by atoms with Gasteiger partial charge in [-0.05, 0) is 38.8 Å². The van der Waals surface area contributed by atoms with Crippen LogP contribution in [0, 0.1) is 6.92 Å². The van der Waals surface area contributed by atoms with Gasteiger partial charge in [-0.15, -0.1) is 0 Å². The van der Waals surface area contributed by atoms with Gasteiger partial charge in [0.25, 0.3) is 0 Å². The van der Waals surface area contributed by atoms with Crippen molar-refractivity contribution >= 4 is 5.97 Å². The summed E-state index contributed by atoms with van der Waals surface area (Å²) in [6, 6.07) is 1.93. The van der Waals surface area contributed by atoms with Crippen molar-refractivity contribution in [3.63, 3.8) is 0 Å². The molecule has 1 aromatic rings. The van der Waals surface area contributed by atoms with Gasteiger partial charge in [0.05, 0.1) is 19.8 Å². The van der Waals surface area contributed by atoms with Gasteiger partial charge in [0.2, 0.25) is 0 Å². The molecule has 0 aliphatic carbocycles. The monoisotopic (exact) mass is 295 g/mol. The molecule has 1 aromatic heterocycles. The van der Waals surface area contributed by atoms with E-state index in [9.17, 15) is 9.90 Å². The Bertz CT molecular complexity index is 483. The first kappa shape index (κ1) is 16.0. The minimum Gasteiger partial charge on any atom is -0.465 e. The third-order valence-electron chi connectivity index (χ3n) is 4.26. The average Bonchev–Trinajstić information content (AvgIpc) is 2.86. The molecule has 1 saturated heterocycles. The van der Waals surface area contributed by atoms with E-state index in [-0.39, 0.29) is 18.1 Å². The van der Waals surface area contributed by atoms with Crippen molar-refractivity contribution in [2.24, 2.45) is 0 Å². The second kappa shape index (κ2) is 7.09. The van der Waals surface area contributed by atoms with Gasteiger partial charge in [-0.2, -0.15) is 0 Å². The third kappa shape index (κ3) is 3.66. The number of methoxy groups -OCH3 is 1. The van der Waals surface area contributed by atoms with E-state index >= 15 is 0 Å². The second-order valence-corrected chi connectivity index (χ2v) is 5.68. The van der Waals surface area contributed by atoms with Crippen LogP contribution in [-0.4, -0.2) is 41.8 Å². The summed E-state index contributed by atoms with van der Waals surface area (Å²) >= 11 is 0. The minimum absolute atomic E-state index is 0.177. The normalized spacial score (nSPS) is 21.2. The second-order valence-electron chi connectivity index (χ2n) is 5.68. The summed E-state index contributed by atoms with van der Waals surface area (Å²) in [4.78, 5) is 13.9. The molecule has 2 atom stereocenters. The van der Waals surface area contributed by atoms with Crippen LogP contribution < -0.4 is 0 Å². The molecule has 5 heteroatoms. The van der Waals surface area contributed by atoms with Gasteiger partial charge >= 0.3 is 5.97 Å². The van der Waals surface area contributed by atoms with Crippen LogP contribution in [0.1, 0.15) is 54.5 Å². The SMILES string of the molecule is CCC(O)C1CCCCN1Cc1cc(C(=O)OC)c(C)o1. The maximum absolute atomic E-state index is 11.6. The Labute approximate surface area is 125 Å². The maximum atomic E-state index is 11.6. The number of hydrogen-bond acceptors (Lipinski definition) is 5. The zero-order valence-corrected chi connectivity index (χ0v) is 13.1. The molecule has 5 nitrogen and oxygen atoms in total. The number of nitrogens with zero attached hydrogens (tertiary/aromatic N) is 1. The van der Waals surface area contributed by atoms with Crippen LogP contribution in [0.25, 0.3) is 0 Å². The average molecular weight is 295 g/mol. The van der Waals surface area contributed by atoms with Crippen molar-refractivity contribution in [3.8, 4) is 0 Å². The molecule has 0 saturated carbocycles. The molecule has 0 bridgehead atoms. The third-order valence-corrected chi connectivity index (χ3v) is 4.26. The maximum Gasteiger partial charge on any atom is 0.341 e. The van der Waals surface area contributed by atoms with E-state index in [1.165, 1.54) is 7.11 Å². The van der Waals surface area contributed by atoms with E-state index in [1.807, 2.05) is 6.92 Å². The Morgan fingerprint density at radius 2 is 2.33 bits per heavy atom. The Kier molecular flexibility index (Phi) is 5.42. The molecular weight excluding hydrogens is 270 g/mol. The van der Waals surface area contributed by atoms with Gasteiger partial charge in [0, 0.05) is 6.04 Å². The molecule has 2 heterocycles. The predicted molar refractivity (Wildman–Crippen MR) is 79.1 cm³/mol. The molecular formula is C16H25NO4. The number of ether oxygens (including phenoxy) is 1. The van der Waals surface area contributed by atoms with E-state index in [0.29, 0.717) is 17.9 Å². The van der Waals surface area contributed by atoms with E-state index in [4.69, 9.17) is 9.15 Å². The van der Waals surface area contributed by atoms with E-state index in [1.54, 1.807) is 13.0 Å². The molecule has 0 aromatic carbocycles. The fraction of sp³-hybridized carbons (Fsp3) is 0.688. The van der Waals surface area contributed by atoms with Crippen LogP contribution in [0.4, 0.5) is 0 Å². The number of aliphatic hydroxyl groups excluding tert-OH is 1. The Morgan fingerprint density at radius 3 is 3.00 bits per heavy atom. The fourth-order valence-corrected chi connectivity index (χ4v) is 3.06. The lowest BCUT2D eigenvalue weighted by atomic mass is 9.96. The number of likely N-dealkylation sites (tertiary alicyclic amines) is 1. The zero-order valence-electron chi connectivity index (χ0n) is 13.1. The van der Waals surface area contributed by atoms with Gasteiger partial charge in [0.1, 0.15) is 17.1 Å². The molecule has 1 aliphatic heterocycles. The van der Waals surface area contributed by atoms with Gasteiger partial charge in [-0.25, -0.2) is 4.79 Å². The summed E-state index contributed by atoms with van der Waals surface area (Å²) in [5, 5.41) is 10.2. The van der Waals surface area contributed by atoms with E-state index < -0.39 is 0 Å². The number of rotatable bonds is 5. The first-order chi connectivity index (χ1) is 10.1. The Morgan fingerprint density at radius 1 is 1.57 bits per heavy atom. The van der Waals surface area contributed by atoms with Crippen LogP contribution in [0.15, 0.2) is 10.5 Å². The first-order valence-electron chi connectivity index (χ1n) is 7.66. The lowest BCUT2D eigenvalue weighted by Crippen LogP contribution is -2.45. The molecule has 2 unspecified atom stereocenters. The zero-order chi connectivity index (χ0) is 15.4. The number of esters is 1. The summed E-state index contributed by atoms with van der Waals surface area (Å²) in [5.74, 6) is 0.968. The first-order valence-corrected chi connectivity index (χ1v) is 7.66. The molecule has 118 valence electrons. The van der Waals surface area contributed by atoms with Gasteiger partial charge in [-0.3, -0.25) is 4.90 Å². The lowest BCUT2D eigenvalue weighted by Gasteiger charge is -2.37. The van der Waals surface area contributed by atoms with Crippen LogP contribution in [-0.2, 0) is 11.3 Å². The van der Waals surface area contributed by atoms with Crippen molar-refractivity contribution < 1.29 is 19.1 Å². The highest BCUT2D eigenvalue weighted by Crippen LogP contribution is 2.25. The van der Waals surface area contributed by atoms with Crippen LogP contribution in [0.5, 0.6) is 0 Å². The van der Waals surface area contributed by atoms with Gasteiger partial charge < -0.3 is 14.3 Å². The number of furan rings is 1. The molecule has 0 spiro atoms. The highest BCUT2D eigenvalue weighted by atomic mass is 16.5. The number of carbonyl (C=O) groups is 1. The summed E-state index contributed by atoms with van der Waals surface area (Å²) in [6.45, 7) is 5.35. The number of hydrogen-bond donors (Lipinski definition) is 1. The quantitative estimate of drug-likeness (QED) is 0.846. The summed E-state index contributed by atoms with van der Waals surface area (Å²) in [5.41, 5.74) is 0.483. The predicted octanol–water partition coefficient (Wildman–Crippen LogP) is 2.50. The minimum atomic E-state index is -0.369. The summed E-state index contributed by atoms with van der Waals surface area (Å²) in [7, 11) is 1.37. The summed E-state index contributed by atoms with van der Waals surface area (Å²) in [6.07, 6.45) is 3.75. The molecule has 1 aliphatic rings. The number of piperidine rings is 1. The Balaban J connectivity index is 2.10. The van der Waals surface area contributed by atoms with E-state index in [2.05, 4.69) is 4.90 Å². The van der Waals surface area contributed by atoms with E-state index in [0.717, 1.165) is 38.0 Å². The highest BCUT2D eigenvalue weighted by Gasteiger charge is 2.29. The van der Waals surface area contributed by atoms with Crippen molar-refractivity contribution in [1.82, 2.24) is 4.90 Å². The molecule has 21 heavy (non-hydrogen) atoms. The fourth-order valence-electron chi connectivity index (χ4n) is 3.06. The molecule has 0 radical (unpaired) electrons. The molecule has 2 rings (SSSR count). The number of aliphatic hydroxyl groups is 1. The lowest BCUT2D eigenvalue weighted by molar-refractivity contribution is 0.0162. The van der Waals surface area contributed by atoms with Crippen molar-refractivity contribution in [1.29, 1.82) is 0 Å². The van der Waals surface area contributed by atoms with Crippen LogP contribution in [0.2, 0.25) is 0 Å². The van der Waals surface area contributed by atoms with Crippen LogP contribution in [0.3, 0.4) is 0 Å². The highest BCUT2D eigenvalue weighted by molar-refractivity contribution is 5.90. The van der Waals surface area contributed by atoms with Gasteiger partial charge in [-0.1, -0.05) is 13.3 Å². The topological polar surface area (TPSA) is 62.9 Å². The number of aryl methyl sites for hydroxylation is 1. The van der Waals surface area contributed by atoms with Crippen molar-refractivity contribution in [2.75, 3.05) is 13.7 Å². The molecule has 1 N–H and O–H groups in total. The summed E-state index contributed by atoms with van der Waals surface area (Å²) < 4.78 is 10.4. The number of carbonyl (C=O) groups excluding carboxylic acids is 1. The van der Waals surface area contributed by atoms with Gasteiger partial charge in [0.15, 0.2) is 0 Å². The molecule has 1 fully saturated rings. The largest absolute Gasteiger partial charge is 0.465 e. The molecule has 0 amide bonds. The van der Waals surface area contributed by atoms with Crippen molar-refractivity contribution in [3.05, 3.63) is 23.2 Å². The standard InChI is InChI=1S/C16H25NO4/c1-4-15(18)14-7-5-6-8-17(14)10-12-9-13(11(2)21-12)16(19)20-3/h9,14-15,18H,4-8,10H2,1-3H3. The van der Waals surface area contributed by atoms with Crippen LogP contribution >= 0.6 is 0 Å². The smallest absolute Gasteiger partial charge is 0.341 e. The Hall–Kier alpha value is -1.33.